The standard InChI is InChI=1S/C29H33ClN2O2/c1-28(2,3)22-13-18(14-23(26(22)33)29(4,5)6)15-25-32-24-17-20(30)16-19(27(24)34-25)10-11-21-9-7-8-12-31-21/h7-9,12-14,16-17,33H,10-11,15H2,1-6H3. The van der Waals surface area contributed by atoms with Crippen LogP contribution in [0, 0.1) is 0 Å². The molecule has 2 aromatic heterocycles. The number of hydrogen-bond acceptors (Lipinski definition) is 4. The van der Waals surface area contributed by atoms with Crippen molar-refractivity contribution in [1.82, 2.24) is 9.97 Å². The van der Waals surface area contributed by atoms with Gasteiger partial charge in [0, 0.05) is 23.3 Å². The van der Waals surface area contributed by atoms with Gasteiger partial charge in [0.25, 0.3) is 0 Å². The van der Waals surface area contributed by atoms with Crippen molar-refractivity contribution in [3.63, 3.8) is 0 Å². The Morgan fingerprint density at radius 3 is 2.18 bits per heavy atom. The Labute approximate surface area is 207 Å². The number of aryl methyl sites for hydroxylation is 2. The van der Waals surface area contributed by atoms with Crippen LogP contribution in [0.3, 0.4) is 0 Å². The number of phenols is 1. The number of aromatic hydroxyl groups is 1. The number of halogens is 1. The van der Waals surface area contributed by atoms with Crippen molar-refractivity contribution in [2.24, 2.45) is 0 Å². The van der Waals surface area contributed by atoms with E-state index in [2.05, 4.69) is 58.7 Å². The zero-order chi connectivity index (χ0) is 24.7. The second-order valence-electron chi connectivity index (χ2n) is 11.1. The Hall–Kier alpha value is -2.85. The number of benzene rings is 2. The predicted octanol–water partition coefficient (Wildman–Crippen LogP) is 7.55. The van der Waals surface area contributed by atoms with Gasteiger partial charge in [0.15, 0.2) is 11.5 Å². The quantitative estimate of drug-likeness (QED) is 0.323. The minimum atomic E-state index is -0.187. The Morgan fingerprint density at radius 1 is 0.912 bits per heavy atom. The van der Waals surface area contributed by atoms with Crippen LogP contribution in [-0.2, 0) is 30.1 Å². The van der Waals surface area contributed by atoms with E-state index in [1.807, 2.05) is 36.5 Å². The SMILES string of the molecule is CC(C)(C)c1cc(Cc2nc3cc(Cl)cc(CCc4ccccn4)c3o2)cc(C(C)(C)C)c1O. The Morgan fingerprint density at radius 2 is 1.59 bits per heavy atom. The zero-order valence-corrected chi connectivity index (χ0v) is 21.6. The van der Waals surface area contributed by atoms with Crippen LogP contribution in [-0.4, -0.2) is 15.1 Å². The summed E-state index contributed by atoms with van der Waals surface area (Å²) in [6, 6.07) is 13.9. The van der Waals surface area contributed by atoms with E-state index in [-0.39, 0.29) is 10.8 Å². The third-order valence-corrected chi connectivity index (χ3v) is 6.31. The minimum absolute atomic E-state index is 0.187. The van der Waals surface area contributed by atoms with Crippen molar-refractivity contribution in [3.8, 4) is 5.75 Å². The van der Waals surface area contributed by atoms with Crippen LogP contribution in [0.1, 0.15) is 75.4 Å². The molecule has 0 fully saturated rings. The highest BCUT2D eigenvalue weighted by molar-refractivity contribution is 6.31. The average molecular weight is 477 g/mol. The molecular formula is C29H33ClN2O2. The first-order chi connectivity index (χ1) is 15.9. The van der Waals surface area contributed by atoms with Crippen LogP contribution < -0.4 is 0 Å². The molecule has 1 N–H and O–H groups in total. The van der Waals surface area contributed by atoms with E-state index in [9.17, 15) is 5.11 Å². The third-order valence-electron chi connectivity index (χ3n) is 6.09. The van der Waals surface area contributed by atoms with Gasteiger partial charge in [-0.25, -0.2) is 4.98 Å². The van der Waals surface area contributed by atoms with Crippen LogP contribution in [0.2, 0.25) is 5.02 Å². The summed E-state index contributed by atoms with van der Waals surface area (Å²) in [7, 11) is 0. The van der Waals surface area contributed by atoms with Crippen LogP contribution in [0.5, 0.6) is 5.75 Å². The van der Waals surface area contributed by atoms with Gasteiger partial charge in [-0.15, -0.1) is 0 Å². The molecule has 34 heavy (non-hydrogen) atoms. The van der Waals surface area contributed by atoms with Crippen LogP contribution >= 0.6 is 11.6 Å². The molecule has 0 unspecified atom stereocenters. The van der Waals surface area contributed by atoms with Crippen LogP contribution in [0.15, 0.2) is 53.1 Å². The lowest BCUT2D eigenvalue weighted by molar-refractivity contribution is 0.422. The monoisotopic (exact) mass is 476 g/mol. The fourth-order valence-electron chi connectivity index (χ4n) is 4.29. The van der Waals surface area contributed by atoms with Crippen LogP contribution in [0.4, 0.5) is 0 Å². The second-order valence-corrected chi connectivity index (χ2v) is 11.5. The molecule has 2 heterocycles. The van der Waals surface area contributed by atoms with Crippen molar-refractivity contribution >= 4 is 22.7 Å². The number of phenolic OH excluding ortho intramolecular Hbond substituents is 1. The minimum Gasteiger partial charge on any atom is -0.507 e. The maximum atomic E-state index is 11.0. The number of pyridine rings is 1. The molecule has 0 saturated heterocycles. The van der Waals surface area contributed by atoms with E-state index in [0.29, 0.717) is 23.1 Å². The van der Waals surface area contributed by atoms with Gasteiger partial charge in [0.1, 0.15) is 11.3 Å². The van der Waals surface area contributed by atoms with E-state index < -0.39 is 0 Å². The van der Waals surface area contributed by atoms with E-state index in [1.165, 1.54) is 0 Å². The molecule has 0 bridgehead atoms. The lowest BCUT2D eigenvalue weighted by Gasteiger charge is -2.28. The van der Waals surface area contributed by atoms with Crippen molar-refractivity contribution in [1.29, 1.82) is 0 Å². The third kappa shape index (κ3) is 5.28. The van der Waals surface area contributed by atoms with E-state index >= 15 is 0 Å². The van der Waals surface area contributed by atoms with Crippen molar-refractivity contribution < 1.29 is 9.52 Å². The van der Waals surface area contributed by atoms with Crippen LogP contribution in [0.25, 0.3) is 11.1 Å². The maximum Gasteiger partial charge on any atom is 0.199 e. The number of aromatic nitrogens is 2. The molecule has 0 saturated carbocycles. The molecule has 0 aliphatic carbocycles. The topological polar surface area (TPSA) is 59.2 Å². The average Bonchev–Trinajstić information content (AvgIpc) is 3.14. The number of hydrogen-bond donors (Lipinski definition) is 1. The highest BCUT2D eigenvalue weighted by Crippen LogP contribution is 2.40. The van der Waals surface area contributed by atoms with Gasteiger partial charge >= 0.3 is 0 Å². The largest absolute Gasteiger partial charge is 0.507 e. The Balaban J connectivity index is 1.70. The normalized spacial score (nSPS) is 12.4. The fraction of sp³-hybridized carbons (Fsp3) is 0.379. The summed E-state index contributed by atoms with van der Waals surface area (Å²) in [4.78, 5) is 9.18. The second kappa shape index (κ2) is 9.07. The Kier molecular flexibility index (Phi) is 6.48. The van der Waals surface area contributed by atoms with Crippen molar-refractivity contribution in [2.75, 3.05) is 0 Å². The van der Waals surface area contributed by atoms with Gasteiger partial charge in [-0.2, -0.15) is 0 Å². The summed E-state index contributed by atoms with van der Waals surface area (Å²) in [5.74, 6) is 1.02. The number of oxazole rings is 1. The first-order valence-corrected chi connectivity index (χ1v) is 12.1. The lowest BCUT2D eigenvalue weighted by Crippen LogP contribution is -2.18. The smallest absolute Gasteiger partial charge is 0.199 e. The first-order valence-electron chi connectivity index (χ1n) is 11.8. The molecule has 0 amide bonds. The summed E-state index contributed by atoms with van der Waals surface area (Å²) in [5, 5.41) is 11.7. The molecule has 4 rings (SSSR count). The van der Waals surface area contributed by atoms with Crippen molar-refractivity contribution in [2.45, 2.75) is 71.6 Å². The molecule has 4 nitrogen and oxygen atoms in total. The summed E-state index contributed by atoms with van der Waals surface area (Å²) in [6.07, 6.45) is 3.92. The van der Waals surface area contributed by atoms with Gasteiger partial charge in [-0.1, -0.05) is 71.3 Å². The molecule has 0 spiro atoms. The van der Waals surface area contributed by atoms with Gasteiger partial charge in [0.05, 0.1) is 0 Å². The number of nitrogens with zero attached hydrogens (tertiary/aromatic N) is 2. The Bertz CT molecular complexity index is 1280. The van der Waals surface area contributed by atoms with E-state index in [4.69, 9.17) is 21.0 Å². The first kappa shape index (κ1) is 24.3. The summed E-state index contributed by atoms with van der Waals surface area (Å²) in [5.41, 5.74) is 6.18. The van der Waals surface area contributed by atoms with E-state index in [0.717, 1.165) is 51.9 Å². The molecule has 4 aromatic rings. The summed E-state index contributed by atoms with van der Waals surface area (Å²) >= 11 is 6.41. The van der Waals surface area contributed by atoms with Crippen molar-refractivity contribution in [3.05, 3.63) is 87.5 Å². The molecule has 0 aliphatic rings. The lowest BCUT2D eigenvalue weighted by atomic mass is 9.78. The molecular weight excluding hydrogens is 444 g/mol. The fourth-order valence-corrected chi connectivity index (χ4v) is 4.53. The highest BCUT2D eigenvalue weighted by atomic mass is 35.5. The molecule has 0 aliphatic heterocycles. The summed E-state index contributed by atoms with van der Waals surface area (Å²) < 4.78 is 6.28. The van der Waals surface area contributed by atoms with Gasteiger partial charge in [0.2, 0.25) is 0 Å². The molecule has 178 valence electrons. The molecule has 0 atom stereocenters. The molecule has 5 heteroatoms. The van der Waals surface area contributed by atoms with Gasteiger partial charge in [-0.3, -0.25) is 4.98 Å². The van der Waals surface area contributed by atoms with Gasteiger partial charge < -0.3 is 9.52 Å². The highest BCUT2D eigenvalue weighted by Gasteiger charge is 2.27. The molecule has 0 radical (unpaired) electrons. The summed E-state index contributed by atoms with van der Waals surface area (Å²) in [6.45, 7) is 12.7. The van der Waals surface area contributed by atoms with E-state index in [1.54, 1.807) is 0 Å². The zero-order valence-electron chi connectivity index (χ0n) is 20.9. The van der Waals surface area contributed by atoms with Gasteiger partial charge in [-0.05, 0) is 70.2 Å². The predicted molar refractivity (Wildman–Crippen MR) is 139 cm³/mol. The number of rotatable bonds is 5. The molecule has 2 aromatic carbocycles. The maximum absolute atomic E-state index is 11.0. The number of fused-ring (bicyclic) bond motifs is 1.